The van der Waals surface area contributed by atoms with E-state index in [4.69, 9.17) is 9.47 Å². The second-order valence-corrected chi connectivity index (χ2v) is 7.69. The molecule has 148 valence electrons. The molecule has 2 heterocycles. The third-order valence-corrected chi connectivity index (χ3v) is 6.17. The standard InChI is InChI=1S/C23H28N2O3/c1-27-20-9-5-6-18(16-20)21-10-13-25(21)22(26)24-17-23(11-14-28-15-12-23)19-7-3-2-4-8-19/h2-9,16,21H,10-15,17H2,1H3,(H,24,26)/t21-/m0/s1. The van der Waals surface area contributed by atoms with Crippen LogP contribution in [0.5, 0.6) is 5.75 Å². The molecule has 28 heavy (non-hydrogen) atoms. The molecule has 2 amide bonds. The van der Waals surface area contributed by atoms with Crippen molar-refractivity contribution in [2.75, 3.05) is 33.4 Å². The molecule has 2 fully saturated rings. The van der Waals surface area contributed by atoms with Crippen LogP contribution < -0.4 is 10.1 Å². The topological polar surface area (TPSA) is 50.8 Å². The number of hydrogen-bond acceptors (Lipinski definition) is 3. The number of amides is 2. The minimum absolute atomic E-state index is 0.0147. The molecule has 2 aliphatic rings. The summed E-state index contributed by atoms with van der Waals surface area (Å²) in [5.41, 5.74) is 2.36. The molecule has 5 heteroatoms. The van der Waals surface area contributed by atoms with E-state index in [2.05, 4.69) is 35.6 Å². The van der Waals surface area contributed by atoms with Crippen molar-refractivity contribution < 1.29 is 14.3 Å². The summed E-state index contributed by atoms with van der Waals surface area (Å²) < 4.78 is 10.9. The van der Waals surface area contributed by atoms with Crippen LogP contribution in [0.3, 0.4) is 0 Å². The molecule has 0 unspecified atom stereocenters. The molecule has 2 saturated heterocycles. The van der Waals surface area contributed by atoms with Crippen molar-refractivity contribution in [1.29, 1.82) is 0 Å². The third kappa shape index (κ3) is 3.72. The molecule has 1 N–H and O–H groups in total. The van der Waals surface area contributed by atoms with Gasteiger partial charge in [-0.1, -0.05) is 42.5 Å². The average molecular weight is 380 g/mol. The van der Waals surface area contributed by atoms with Gasteiger partial charge >= 0.3 is 6.03 Å². The minimum Gasteiger partial charge on any atom is -0.497 e. The van der Waals surface area contributed by atoms with E-state index in [1.807, 2.05) is 29.2 Å². The second kappa shape index (κ2) is 8.23. The Kier molecular flexibility index (Phi) is 5.53. The van der Waals surface area contributed by atoms with Crippen molar-refractivity contribution in [3.63, 3.8) is 0 Å². The van der Waals surface area contributed by atoms with Crippen molar-refractivity contribution in [2.24, 2.45) is 0 Å². The van der Waals surface area contributed by atoms with Crippen LogP contribution in [0.4, 0.5) is 4.79 Å². The number of carbonyl (C=O) groups excluding carboxylic acids is 1. The smallest absolute Gasteiger partial charge is 0.317 e. The molecule has 0 aromatic heterocycles. The number of ether oxygens (including phenoxy) is 2. The van der Waals surface area contributed by atoms with Gasteiger partial charge in [0, 0.05) is 31.7 Å². The van der Waals surface area contributed by atoms with Crippen LogP contribution in [0.1, 0.15) is 36.4 Å². The highest BCUT2D eigenvalue weighted by Gasteiger charge is 2.37. The van der Waals surface area contributed by atoms with Gasteiger partial charge in [-0.3, -0.25) is 0 Å². The molecule has 0 saturated carbocycles. The Bertz CT molecular complexity index is 803. The van der Waals surface area contributed by atoms with Gasteiger partial charge in [0.15, 0.2) is 0 Å². The predicted octanol–water partition coefficient (Wildman–Crippen LogP) is 3.90. The van der Waals surface area contributed by atoms with Crippen LogP contribution in [-0.2, 0) is 10.2 Å². The number of rotatable bonds is 5. The summed E-state index contributed by atoms with van der Waals surface area (Å²) in [5, 5.41) is 3.22. The van der Waals surface area contributed by atoms with E-state index in [0.717, 1.165) is 50.3 Å². The lowest BCUT2D eigenvalue weighted by Crippen LogP contribution is -2.53. The van der Waals surface area contributed by atoms with Gasteiger partial charge < -0.3 is 19.7 Å². The number of urea groups is 1. The molecule has 2 aromatic carbocycles. The largest absolute Gasteiger partial charge is 0.497 e. The number of carbonyl (C=O) groups is 1. The molecule has 2 aliphatic heterocycles. The summed E-state index contributed by atoms with van der Waals surface area (Å²) in [7, 11) is 1.67. The summed E-state index contributed by atoms with van der Waals surface area (Å²) in [5.74, 6) is 0.829. The lowest BCUT2D eigenvalue weighted by atomic mass is 9.74. The quantitative estimate of drug-likeness (QED) is 0.856. The Morgan fingerprint density at radius 1 is 1.18 bits per heavy atom. The Morgan fingerprint density at radius 3 is 2.64 bits per heavy atom. The van der Waals surface area contributed by atoms with E-state index < -0.39 is 0 Å². The number of likely N-dealkylation sites (tertiary alicyclic amines) is 1. The van der Waals surface area contributed by atoms with Crippen molar-refractivity contribution in [2.45, 2.75) is 30.7 Å². The lowest BCUT2D eigenvalue weighted by Gasteiger charge is -2.43. The molecule has 0 radical (unpaired) electrons. The van der Waals surface area contributed by atoms with Gasteiger partial charge in [-0.2, -0.15) is 0 Å². The van der Waals surface area contributed by atoms with Gasteiger partial charge in [-0.25, -0.2) is 4.79 Å². The first-order chi connectivity index (χ1) is 13.7. The van der Waals surface area contributed by atoms with Gasteiger partial charge in [0.25, 0.3) is 0 Å². The normalized spacial score (nSPS) is 20.9. The molecule has 2 aromatic rings. The van der Waals surface area contributed by atoms with Crippen LogP contribution in [0.2, 0.25) is 0 Å². The number of methoxy groups -OCH3 is 1. The maximum atomic E-state index is 12.9. The van der Waals surface area contributed by atoms with E-state index in [1.165, 1.54) is 5.56 Å². The van der Waals surface area contributed by atoms with Crippen LogP contribution in [0.25, 0.3) is 0 Å². The Balaban J connectivity index is 1.44. The zero-order valence-corrected chi connectivity index (χ0v) is 16.4. The van der Waals surface area contributed by atoms with Crippen LogP contribution in [-0.4, -0.2) is 44.3 Å². The second-order valence-electron chi connectivity index (χ2n) is 7.69. The third-order valence-electron chi connectivity index (χ3n) is 6.17. The fourth-order valence-corrected chi connectivity index (χ4v) is 4.29. The van der Waals surface area contributed by atoms with E-state index in [1.54, 1.807) is 7.11 Å². The zero-order chi connectivity index (χ0) is 19.4. The molecular weight excluding hydrogens is 352 g/mol. The minimum atomic E-state index is -0.0501. The number of nitrogens with one attached hydrogen (secondary N) is 1. The van der Waals surface area contributed by atoms with Gasteiger partial charge in [-0.05, 0) is 42.5 Å². The Labute approximate surface area is 166 Å². The van der Waals surface area contributed by atoms with Crippen LogP contribution in [0.15, 0.2) is 54.6 Å². The monoisotopic (exact) mass is 380 g/mol. The van der Waals surface area contributed by atoms with Gasteiger partial charge in [0.1, 0.15) is 5.75 Å². The van der Waals surface area contributed by atoms with Crippen LogP contribution in [0, 0.1) is 0 Å². The summed E-state index contributed by atoms with van der Waals surface area (Å²) in [6.45, 7) is 2.90. The first-order valence-corrected chi connectivity index (χ1v) is 10.0. The first-order valence-electron chi connectivity index (χ1n) is 10.0. The fourth-order valence-electron chi connectivity index (χ4n) is 4.29. The van der Waals surface area contributed by atoms with E-state index in [0.29, 0.717) is 6.54 Å². The molecule has 5 nitrogen and oxygen atoms in total. The van der Waals surface area contributed by atoms with Crippen molar-refractivity contribution >= 4 is 6.03 Å². The van der Waals surface area contributed by atoms with Gasteiger partial charge in [0.05, 0.1) is 13.2 Å². The number of benzene rings is 2. The van der Waals surface area contributed by atoms with E-state index >= 15 is 0 Å². The summed E-state index contributed by atoms with van der Waals surface area (Å²) in [4.78, 5) is 14.9. The lowest BCUT2D eigenvalue weighted by molar-refractivity contribution is 0.0486. The highest BCUT2D eigenvalue weighted by atomic mass is 16.5. The Hall–Kier alpha value is -2.53. The van der Waals surface area contributed by atoms with E-state index in [9.17, 15) is 4.79 Å². The summed E-state index contributed by atoms with van der Waals surface area (Å²) in [6.07, 6.45) is 2.84. The highest BCUT2D eigenvalue weighted by Crippen LogP contribution is 2.36. The average Bonchev–Trinajstić information content (AvgIpc) is 2.73. The van der Waals surface area contributed by atoms with Gasteiger partial charge in [-0.15, -0.1) is 0 Å². The molecule has 0 spiro atoms. The zero-order valence-electron chi connectivity index (χ0n) is 16.4. The maximum Gasteiger partial charge on any atom is 0.317 e. The summed E-state index contributed by atoms with van der Waals surface area (Å²) in [6, 6.07) is 18.7. The van der Waals surface area contributed by atoms with Crippen molar-refractivity contribution in [3.05, 3.63) is 65.7 Å². The first kappa shape index (κ1) is 18.8. The Morgan fingerprint density at radius 2 is 1.96 bits per heavy atom. The van der Waals surface area contributed by atoms with Crippen LogP contribution >= 0.6 is 0 Å². The molecule has 0 aliphatic carbocycles. The number of nitrogens with zero attached hydrogens (tertiary/aromatic N) is 1. The molecule has 0 bridgehead atoms. The summed E-state index contributed by atoms with van der Waals surface area (Å²) >= 11 is 0. The highest BCUT2D eigenvalue weighted by molar-refractivity contribution is 5.76. The molecular formula is C23H28N2O3. The SMILES string of the molecule is COc1cccc([C@@H]2CCN2C(=O)NCC2(c3ccccc3)CCOCC2)c1. The maximum absolute atomic E-state index is 12.9. The fraction of sp³-hybridized carbons (Fsp3) is 0.435. The van der Waals surface area contributed by atoms with Gasteiger partial charge in [0.2, 0.25) is 0 Å². The number of hydrogen-bond donors (Lipinski definition) is 1. The van der Waals surface area contributed by atoms with Crippen molar-refractivity contribution in [3.8, 4) is 5.75 Å². The predicted molar refractivity (Wildman–Crippen MR) is 109 cm³/mol. The van der Waals surface area contributed by atoms with Crippen molar-refractivity contribution in [1.82, 2.24) is 10.2 Å². The molecule has 4 rings (SSSR count). The molecule has 1 atom stereocenters. The van der Waals surface area contributed by atoms with E-state index in [-0.39, 0.29) is 17.5 Å².